The Hall–Kier alpha value is -4.31. The van der Waals surface area contributed by atoms with Crippen LogP contribution in [-0.2, 0) is 11.4 Å². The van der Waals surface area contributed by atoms with Crippen LogP contribution >= 0.6 is 15.9 Å². The molecule has 1 aromatic heterocycles. The summed E-state index contributed by atoms with van der Waals surface area (Å²) >= 11 is 3.66. The number of para-hydroxylation sites is 2. The zero-order valence-electron chi connectivity index (χ0n) is 21.8. The highest BCUT2D eigenvalue weighted by Crippen LogP contribution is 2.43. The van der Waals surface area contributed by atoms with Crippen LogP contribution in [0.15, 0.2) is 88.8 Å². The van der Waals surface area contributed by atoms with Crippen molar-refractivity contribution < 1.29 is 19.0 Å². The van der Waals surface area contributed by atoms with Gasteiger partial charge in [0.15, 0.2) is 11.5 Å². The Morgan fingerprint density at radius 3 is 2.62 bits per heavy atom. The van der Waals surface area contributed by atoms with Crippen molar-refractivity contribution >= 4 is 33.5 Å². The molecule has 2 heterocycles. The molecule has 2 N–H and O–H groups in total. The fourth-order valence-electron chi connectivity index (χ4n) is 4.50. The minimum Gasteiger partial charge on any atom is -0.493 e. The molecule has 0 saturated heterocycles. The molecule has 5 rings (SSSR count). The van der Waals surface area contributed by atoms with Gasteiger partial charge in [-0.25, -0.2) is 4.68 Å². The van der Waals surface area contributed by atoms with Crippen LogP contribution < -0.4 is 24.8 Å². The summed E-state index contributed by atoms with van der Waals surface area (Å²) < 4.78 is 19.9. The van der Waals surface area contributed by atoms with Crippen LogP contribution in [-0.4, -0.2) is 34.4 Å². The number of nitrogens with one attached hydrogen (secondary N) is 2. The molecule has 0 aliphatic carbocycles. The van der Waals surface area contributed by atoms with Crippen molar-refractivity contribution in [1.82, 2.24) is 14.8 Å². The number of carbonyl (C=O) groups excluding carboxylic acids is 1. The number of anilines is 2. The number of aromatic nitrogens is 3. The number of rotatable bonds is 9. The molecule has 39 heavy (non-hydrogen) atoms. The Bertz CT molecular complexity index is 1520. The summed E-state index contributed by atoms with van der Waals surface area (Å²) in [6.45, 7) is 4.60. The number of hydrogen-bond donors (Lipinski definition) is 2. The molecule has 1 aliphatic heterocycles. The number of nitrogens with zero attached hydrogens (tertiary/aromatic N) is 3. The molecule has 1 aliphatic rings. The van der Waals surface area contributed by atoms with E-state index in [-0.39, 0.29) is 5.91 Å². The molecule has 3 aromatic carbocycles. The van der Waals surface area contributed by atoms with Crippen LogP contribution in [0, 0.1) is 0 Å². The van der Waals surface area contributed by atoms with Gasteiger partial charge in [0.05, 0.1) is 29.4 Å². The second-order valence-electron chi connectivity index (χ2n) is 8.79. The normalized spacial score (nSPS) is 14.3. The van der Waals surface area contributed by atoms with Crippen LogP contribution in [0.1, 0.15) is 31.0 Å². The first-order chi connectivity index (χ1) is 19.0. The molecule has 0 saturated carbocycles. The highest BCUT2D eigenvalue weighted by Gasteiger charge is 2.34. The predicted molar refractivity (Wildman–Crippen MR) is 152 cm³/mol. The van der Waals surface area contributed by atoms with Gasteiger partial charge in [-0.05, 0) is 65.2 Å². The maximum absolute atomic E-state index is 13.8. The van der Waals surface area contributed by atoms with E-state index in [9.17, 15) is 4.79 Å². The molecule has 4 aromatic rings. The van der Waals surface area contributed by atoms with Crippen molar-refractivity contribution in [3.05, 3.63) is 99.9 Å². The number of carbonyl (C=O) groups is 1. The van der Waals surface area contributed by atoms with Gasteiger partial charge in [0.25, 0.3) is 5.91 Å². The van der Waals surface area contributed by atoms with Gasteiger partial charge < -0.3 is 24.8 Å². The molecule has 0 spiro atoms. The van der Waals surface area contributed by atoms with E-state index in [1.807, 2.05) is 80.6 Å². The Labute approximate surface area is 234 Å². The number of fused-ring (bicyclic) bond motifs is 1. The summed E-state index contributed by atoms with van der Waals surface area (Å²) in [6.07, 6.45) is 1.46. The summed E-state index contributed by atoms with van der Waals surface area (Å²) in [5, 5.41) is 10.7. The second-order valence-corrected chi connectivity index (χ2v) is 9.64. The first kappa shape index (κ1) is 26.3. The minimum atomic E-state index is -0.587. The van der Waals surface area contributed by atoms with Gasteiger partial charge in [-0.2, -0.15) is 10.1 Å². The SMILES string of the molecule is CCOc1ccccc1NC(=O)C1=C(C)Nc2ncnn2C1c1cc(Br)c(OCc2ccccc2)c(OC)c1. The summed E-state index contributed by atoms with van der Waals surface area (Å²) in [7, 11) is 1.59. The van der Waals surface area contributed by atoms with Crippen molar-refractivity contribution in [2.24, 2.45) is 0 Å². The molecule has 0 radical (unpaired) electrons. The molecular formula is C29H28BrN5O4. The number of hydrogen-bond acceptors (Lipinski definition) is 7. The van der Waals surface area contributed by atoms with Gasteiger partial charge in [-0.3, -0.25) is 4.79 Å². The van der Waals surface area contributed by atoms with E-state index in [0.717, 1.165) is 11.1 Å². The van der Waals surface area contributed by atoms with Gasteiger partial charge in [0, 0.05) is 5.70 Å². The average molecular weight is 590 g/mol. The molecule has 10 heteroatoms. The first-order valence-electron chi connectivity index (χ1n) is 12.4. The third-order valence-electron chi connectivity index (χ3n) is 6.27. The molecular weight excluding hydrogens is 562 g/mol. The fraction of sp³-hybridized carbons (Fsp3) is 0.207. The van der Waals surface area contributed by atoms with Crippen LogP contribution in [0.3, 0.4) is 0 Å². The minimum absolute atomic E-state index is 0.294. The quantitative estimate of drug-likeness (QED) is 0.248. The zero-order valence-corrected chi connectivity index (χ0v) is 23.4. The topological polar surface area (TPSA) is 99.5 Å². The van der Waals surface area contributed by atoms with Crippen LogP contribution in [0.4, 0.5) is 11.6 Å². The number of amides is 1. The maximum atomic E-state index is 13.8. The third kappa shape index (κ3) is 5.46. The van der Waals surface area contributed by atoms with Crippen molar-refractivity contribution in [2.75, 3.05) is 24.4 Å². The molecule has 1 amide bonds. The Kier molecular flexibility index (Phi) is 7.83. The van der Waals surface area contributed by atoms with E-state index in [1.165, 1.54) is 6.33 Å². The van der Waals surface area contributed by atoms with Gasteiger partial charge in [-0.15, -0.1) is 0 Å². The molecule has 1 unspecified atom stereocenters. The molecule has 0 bridgehead atoms. The lowest BCUT2D eigenvalue weighted by Crippen LogP contribution is -2.31. The van der Waals surface area contributed by atoms with E-state index < -0.39 is 6.04 Å². The fourth-order valence-corrected chi connectivity index (χ4v) is 5.08. The standard InChI is InChI=1S/C29H28BrN5O4/c1-4-38-23-13-9-8-12-22(23)34-28(36)25-18(2)33-29-31-17-32-35(29)26(25)20-14-21(30)27(24(15-20)37-3)39-16-19-10-6-5-7-11-19/h5-15,17,26H,4,16H2,1-3H3,(H,34,36)(H,31,32,33). The van der Waals surface area contributed by atoms with E-state index in [2.05, 4.69) is 36.6 Å². The van der Waals surface area contributed by atoms with Crippen molar-refractivity contribution in [1.29, 1.82) is 0 Å². The summed E-state index contributed by atoms with van der Waals surface area (Å²) in [6, 6.07) is 20.4. The van der Waals surface area contributed by atoms with E-state index >= 15 is 0 Å². The highest BCUT2D eigenvalue weighted by atomic mass is 79.9. The summed E-state index contributed by atoms with van der Waals surface area (Å²) in [5.74, 6) is 1.92. The van der Waals surface area contributed by atoms with Crippen LogP contribution in [0.5, 0.6) is 17.2 Å². The Morgan fingerprint density at radius 1 is 1.08 bits per heavy atom. The third-order valence-corrected chi connectivity index (χ3v) is 6.86. The van der Waals surface area contributed by atoms with Crippen molar-refractivity contribution in [2.45, 2.75) is 26.5 Å². The number of allylic oxidation sites excluding steroid dienone is 1. The van der Waals surface area contributed by atoms with Crippen LogP contribution in [0.25, 0.3) is 0 Å². The predicted octanol–water partition coefficient (Wildman–Crippen LogP) is 5.95. The van der Waals surface area contributed by atoms with Gasteiger partial charge in [-0.1, -0.05) is 42.5 Å². The highest BCUT2D eigenvalue weighted by molar-refractivity contribution is 9.10. The smallest absolute Gasteiger partial charge is 0.255 e. The van der Waals surface area contributed by atoms with Crippen LogP contribution in [0.2, 0.25) is 0 Å². The summed E-state index contributed by atoms with van der Waals surface area (Å²) in [4.78, 5) is 18.2. The average Bonchev–Trinajstić information content (AvgIpc) is 3.41. The number of benzene rings is 3. The lowest BCUT2D eigenvalue weighted by molar-refractivity contribution is -0.113. The lowest BCUT2D eigenvalue weighted by Gasteiger charge is -2.29. The van der Waals surface area contributed by atoms with Gasteiger partial charge in [0.2, 0.25) is 5.95 Å². The maximum Gasteiger partial charge on any atom is 0.255 e. The van der Waals surface area contributed by atoms with Crippen molar-refractivity contribution in [3.8, 4) is 17.2 Å². The molecule has 0 fully saturated rings. The first-order valence-corrected chi connectivity index (χ1v) is 13.2. The van der Waals surface area contributed by atoms with Crippen molar-refractivity contribution in [3.63, 3.8) is 0 Å². The zero-order chi connectivity index (χ0) is 27.4. The number of halogens is 1. The Morgan fingerprint density at radius 2 is 1.85 bits per heavy atom. The van der Waals surface area contributed by atoms with Gasteiger partial charge >= 0.3 is 0 Å². The second kappa shape index (κ2) is 11.6. The molecule has 200 valence electrons. The molecule has 9 nitrogen and oxygen atoms in total. The monoisotopic (exact) mass is 589 g/mol. The lowest BCUT2D eigenvalue weighted by atomic mass is 9.94. The molecule has 1 atom stereocenters. The van der Waals surface area contributed by atoms with E-state index in [1.54, 1.807) is 11.8 Å². The van der Waals surface area contributed by atoms with E-state index in [0.29, 0.717) is 57.8 Å². The van der Waals surface area contributed by atoms with Gasteiger partial charge in [0.1, 0.15) is 24.7 Å². The van der Waals surface area contributed by atoms with E-state index in [4.69, 9.17) is 14.2 Å². The number of ether oxygens (including phenoxy) is 3. The largest absolute Gasteiger partial charge is 0.493 e. The number of methoxy groups -OCH3 is 1. The summed E-state index contributed by atoms with van der Waals surface area (Å²) in [5.41, 5.74) is 3.52. The Balaban J connectivity index is 1.52.